The average molecular weight is 320 g/mol. The highest BCUT2D eigenvalue weighted by atomic mass is 16.6. The van der Waals surface area contributed by atoms with Crippen LogP contribution >= 0.6 is 0 Å². The monoisotopic (exact) mass is 320 g/mol. The molecular weight excluding hydrogens is 296 g/mol. The fraction of sp³-hybridized carbons (Fsp3) is 0.529. The van der Waals surface area contributed by atoms with Crippen molar-refractivity contribution < 1.29 is 19.4 Å². The van der Waals surface area contributed by atoms with Gasteiger partial charge in [0.2, 0.25) is 0 Å². The van der Waals surface area contributed by atoms with Gasteiger partial charge in [-0.15, -0.1) is 0 Å². The second-order valence-electron chi connectivity index (χ2n) is 6.23. The maximum absolute atomic E-state index is 12.2. The number of hydrogen-bond donors (Lipinski definition) is 1. The summed E-state index contributed by atoms with van der Waals surface area (Å²) in [6, 6.07) is 8.76. The lowest BCUT2D eigenvalue weighted by Crippen LogP contribution is -2.58. The van der Waals surface area contributed by atoms with Crippen LogP contribution in [0, 0.1) is 5.92 Å². The maximum atomic E-state index is 12.2. The van der Waals surface area contributed by atoms with Crippen molar-refractivity contribution in [3.8, 4) is 0 Å². The molecule has 23 heavy (non-hydrogen) atoms. The molecule has 1 N–H and O–H groups in total. The van der Waals surface area contributed by atoms with Gasteiger partial charge in [-0.2, -0.15) is 0 Å². The number of piperazine rings is 1. The molecule has 1 unspecified atom stereocenters. The van der Waals surface area contributed by atoms with Crippen molar-refractivity contribution in [1.29, 1.82) is 0 Å². The zero-order chi connectivity index (χ0) is 16.8. The van der Waals surface area contributed by atoms with Gasteiger partial charge < -0.3 is 14.7 Å². The van der Waals surface area contributed by atoms with Crippen LogP contribution in [0.1, 0.15) is 19.4 Å². The van der Waals surface area contributed by atoms with E-state index in [4.69, 9.17) is 4.74 Å². The zero-order valence-electron chi connectivity index (χ0n) is 13.6. The van der Waals surface area contributed by atoms with Crippen molar-refractivity contribution in [1.82, 2.24) is 9.80 Å². The van der Waals surface area contributed by atoms with Crippen LogP contribution in [0.5, 0.6) is 0 Å². The van der Waals surface area contributed by atoms with Crippen LogP contribution in [0.4, 0.5) is 4.79 Å². The highest BCUT2D eigenvalue weighted by Crippen LogP contribution is 2.14. The lowest BCUT2D eigenvalue weighted by molar-refractivity contribution is -0.145. The lowest BCUT2D eigenvalue weighted by atomic mass is 10.1. The summed E-state index contributed by atoms with van der Waals surface area (Å²) in [7, 11) is 0. The van der Waals surface area contributed by atoms with Crippen molar-refractivity contribution >= 4 is 12.1 Å². The molecule has 6 nitrogen and oxygen atoms in total. The highest BCUT2D eigenvalue weighted by molar-refractivity contribution is 5.76. The number of carboxylic acids is 1. The molecule has 0 spiro atoms. The number of rotatable bonds is 5. The molecule has 1 saturated heterocycles. The van der Waals surface area contributed by atoms with Gasteiger partial charge >= 0.3 is 12.1 Å². The Morgan fingerprint density at radius 1 is 1.26 bits per heavy atom. The minimum Gasteiger partial charge on any atom is -0.480 e. The quantitative estimate of drug-likeness (QED) is 0.899. The molecule has 1 atom stereocenters. The smallest absolute Gasteiger partial charge is 0.410 e. The largest absolute Gasteiger partial charge is 0.480 e. The van der Waals surface area contributed by atoms with Gasteiger partial charge in [-0.1, -0.05) is 44.2 Å². The molecule has 1 aliphatic heterocycles. The fourth-order valence-corrected chi connectivity index (χ4v) is 2.72. The summed E-state index contributed by atoms with van der Waals surface area (Å²) in [5.74, 6) is -0.514. The topological polar surface area (TPSA) is 70.1 Å². The van der Waals surface area contributed by atoms with Gasteiger partial charge in [-0.05, 0) is 11.5 Å². The molecule has 1 heterocycles. The Labute approximate surface area is 136 Å². The third-order valence-electron chi connectivity index (χ3n) is 3.84. The van der Waals surface area contributed by atoms with E-state index >= 15 is 0 Å². The van der Waals surface area contributed by atoms with E-state index in [2.05, 4.69) is 13.8 Å². The van der Waals surface area contributed by atoms with E-state index in [0.717, 1.165) is 5.56 Å². The minimum atomic E-state index is -0.897. The molecule has 2 rings (SSSR count). The van der Waals surface area contributed by atoms with Gasteiger partial charge in [-0.3, -0.25) is 9.69 Å². The number of amides is 1. The van der Waals surface area contributed by atoms with Crippen molar-refractivity contribution in [2.75, 3.05) is 26.2 Å². The lowest BCUT2D eigenvalue weighted by Gasteiger charge is -2.39. The van der Waals surface area contributed by atoms with Gasteiger partial charge in [-0.25, -0.2) is 4.79 Å². The first kappa shape index (κ1) is 17.3. The molecular formula is C17H24N2O4. The molecule has 6 heteroatoms. The van der Waals surface area contributed by atoms with E-state index in [1.807, 2.05) is 35.2 Å². The van der Waals surface area contributed by atoms with Gasteiger partial charge in [0.15, 0.2) is 0 Å². The van der Waals surface area contributed by atoms with E-state index in [0.29, 0.717) is 25.6 Å². The summed E-state index contributed by atoms with van der Waals surface area (Å²) in [6.07, 6.45) is -0.454. The fourth-order valence-electron chi connectivity index (χ4n) is 2.72. The van der Waals surface area contributed by atoms with Gasteiger partial charge in [0.05, 0.1) is 6.54 Å². The van der Waals surface area contributed by atoms with Crippen LogP contribution in [0.15, 0.2) is 30.3 Å². The molecule has 0 radical (unpaired) electrons. The Morgan fingerprint density at radius 3 is 2.57 bits per heavy atom. The second kappa shape index (κ2) is 7.97. The third-order valence-corrected chi connectivity index (χ3v) is 3.84. The molecule has 1 aliphatic rings. The van der Waals surface area contributed by atoms with E-state index in [9.17, 15) is 14.7 Å². The first-order valence-electron chi connectivity index (χ1n) is 7.90. The normalized spacial score (nSPS) is 18.9. The summed E-state index contributed by atoms with van der Waals surface area (Å²) >= 11 is 0. The molecule has 0 saturated carbocycles. The van der Waals surface area contributed by atoms with Gasteiger partial charge in [0.1, 0.15) is 12.6 Å². The van der Waals surface area contributed by atoms with Crippen LogP contribution in [-0.2, 0) is 16.1 Å². The molecule has 0 aromatic heterocycles. The Morgan fingerprint density at radius 2 is 1.96 bits per heavy atom. The van der Waals surface area contributed by atoms with E-state index in [1.54, 1.807) is 0 Å². The summed E-state index contributed by atoms with van der Waals surface area (Å²) in [5.41, 5.74) is 0.911. The van der Waals surface area contributed by atoms with Crippen molar-refractivity contribution in [2.45, 2.75) is 26.5 Å². The predicted octanol–water partition coefficient (Wildman–Crippen LogP) is 2.05. The Hall–Kier alpha value is -2.08. The van der Waals surface area contributed by atoms with Crippen LogP contribution in [0.25, 0.3) is 0 Å². The Kier molecular flexibility index (Phi) is 5.98. The van der Waals surface area contributed by atoms with Crippen molar-refractivity contribution in [3.05, 3.63) is 35.9 Å². The van der Waals surface area contributed by atoms with Crippen LogP contribution < -0.4 is 0 Å². The molecule has 1 fully saturated rings. The number of hydrogen-bond acceptors (Lipinski definition) is 4. The number of aliphatic carboxylic acids is 1. The minimum absolute atomic E-state index is 0.162. The molecule has 1 aromatic rings. The first-order valence-corrected chi connectivity index (χ1v) is 7.90. The summed E-state index contributed by atoms with van der Waals surface area (Å²) in [5, 5.41) is 9.41. The van der Waals surface area contributed by atoms with E-state index < -0.39 is 18.1 Å². The number of carboxylic acid groups (broad SMARTS) is 1. The number of carbonyl (C=O) groups is 2. The molecule has 0 aliphatic carbocycles. The summed E-state index contributed by atoms with van der Waals surface area (Å²) < 4.78 is 5.29. The van der Waals surface area contributed by atoms with Crippen LogP contribution in [-0.4, -0.2) is 59.2 Å². The first-order chi connectivity index (χ1) is 11.0. The van der Waals surface area contributed by atoms with E-state index in [1.165, 1.54) is 4.90 Å². The predicted molar refractivity (Wildman–Crippen MR) is 86.0 cm³/mol. The van der Waals surface area contributed by atoms with Crippen LogP contribution in [0.2, 0.25) is 0 Å². The second-order valence-corrected chi connectivity index (χ2v) is 6.23. The molecule has 0 bridgehead atoms. The average Bonchev–Trinajstić information content (AvgIpc) is 2.53. The Balaban J connectivity index is 1.90. The Bertz CT molecular complexity index is 533. The molecule has 126 valence electrons. The summed E-state index contributed by atoms with van der Waals surface area (Å²) in [4.78, 5) is 27.0. The highest BCUT2D eigenvalue weighted by Gasteiger charge is 2.34. The van der Waals surface area contributed by atoms with Crippen molar-refractivity contribution in [2.24, 2.45) is 5.92 Å². The number of ether oxygens (including phenoxy) is 1. The van der Waals surface area contributed by atoms with Crippen molar-refractivity contribution in [3.63, 3.8) is 0 Å². The molecule has 1 aromatic carbocycles. The van der Waals surface area contributed by atoms with Crippen LogP contribution in [0.3, 0.4) is 0 Å². The van der Waals surface area contributed by atoms with Gasteiger partial charge in [0, 0.05) is 19.6 Å². The molecule has 1 amide bonds. The number of benzene rings is 1. The maximum Gasteiger partial charge on any atom is 0.410 e. The van der Waals surface area contributed by atoms with E-state index in [-0.39, 0.29) is 13.2 Å². The third kappa shape index (κ3) is 4.96. The van der Waals surface area contributed by atoms with Gasteiger partial charge in [0.25, 0.3) is 0 Å². The number of nitrogens with zero attached hydrogens (tertiary/aromatic N) is 2. The zero-order valence-corrected chi connectivity index (χ0v) is 13.6. The SMILES string of the molecule is CC(C)CN1CCN(C(=O)OCc2ccccc2)CC1C(=O)O. The number of carbonyl (C=O) groups excluding carboxylic acids is 1. The standard InChI is InChI=1S/C17H24N2O4/c1-13(2)10-18-8-9-19(11-15(18)16(20)21)17(22)23-12-14-6-4-3-5-7-14/h3-7,13,15H,8-12H2,1-2H3,(H,20,21). The summed E-state index contributed by atoms with van der Waals surface area (Å²) in [6.45, 7) is 6.22.